The fraction of sp³-hybridized carbons (Fsp3) is 0.348. The maximum atomic E-state index is 5.37. The predicted molar refractivity (Wildman–Crippen MR) is 119 cm³/mol. The number of H-pyrrole nitrogens is 1. The Bertz CT molecular complexity index is 978. The molecule has 6 heteroatoms. The first-order chi connectivity index (χ1) is 14.2. The summed E-state index contributed by atoms with van der Waals surface area (Å²) in [6.45, 7) is 6.39. The summed E-state index contributed by atoms with van der Waals surface area (Å²) in [5.41, 5.74) is 4.87. The van der Waals surface area contributed by atoms with E-state index in [1.165, 1.54) is 22.0 Å². The summed E-state index contributed by atoms with van der Waals surface area (Å²) < 4.78 is 10.7. The van der Waals surface area contributed by atoms with Crippen LogP contribution in [-0.2, 0) is 13.0 Å². The van der Waals surface area contributed by atoms with Crippen molar-refractivity contribution in [1.82, 2.24) is 15.6 Å². The van der Waals surface area contributed by atoms with E-state index in [0.717, 1.165) is 36.8 Å². The minimum atomic E-state index is 0.557. The van der Waals surface area contributed by atoms with Crippen LogP contribution in [0.3, 0.4) is 0 Å². The molecule has 3 rings (SSSR count). The number of nitrogens with zero attached hydrogens (tertiary/aromatic N) is 1. The third-order valence-corrected chi connectivity index (χ3v) is 4.89. The molecule has 0 saturated carbocycles. The van der Waals surface area contributed by atoms with Gasteiger partial charge in [0.2, 0.25) is 0 Å². The Kier molecular flexibility index (Phi) is 7.00. The van der Waals surface area contributed by atoms with Crippen LogP contribution in [0, 0.1) is 6.92 Å². The van der Waals surface area contributed by atoms with E-state index in [9.17, 15) is 0 Å². The monoisotopic (exact) mass is 394 g/mol. The number of aliphatic imine (C=N–C) groups is 1. The Morgan fingerprint density at radius 1 is 1.07 bits per heavy atom. The van der Waals surface area contributed by atoms with Gasteiger partial charge in [-0.05, 0) is 55.2 Å². The molecule has 0 atom stereocenters. The first kappa shape index (κ1) is 20.6. The van der Waals surface area contributed by atoms with Crippen molar-refractivity contribution >= 4 is 16.9 Å². The van der Waals surface area contributed by atoms with Gasteiger partial charge in [0.25, 0.3) is 0 Å². The summed E-state index contributed by atoms with van der Waals surface area (Å²) in [6.07, 6.45) is 3.03. The Morgan fingerprint density at radius 2 is 1.90 bits per heavy atom. The molecule has 0 saturated heterocycles. The maximum absolute atomic E-state index is 5.37. The lowest BCUT2D eigenvalue weighted by Crippen LogP contribution is -2.38. The van der Waals surface area contributed by atoms with Gasteiger partial charge < -0.3 is 25.1 Å². The van der Waals surface area contributed by atoms with Crippen molar-refractivity contribution in [3.05, 3.63) is 59.3 Å². The Morgan fingerprint density at radius 3 is 2.66 bits per heavy atom. The third-order valence-electron chi connectivity index (χ3n) is 4.89. The largest absolute Gasteiger partial charge is 0.493 e. The standard InChI is InChI=1S/C23H30N4O2/c1-5-24-23(27-14-17-9-10-20(28-3)21(13-17)29-4)25-12-11-18-15-26-19-8-6-7-16(2)22(18)19/h6-10,13,15,26H,5,11-12,14H2,1-4H3,(H2,24,25,27). The van der Waals surface area contributed by atoms with Gasteiger partial charge in [0.15, 0.2) is 17.5 Å². The first-order valence-electron chi connectivity index (χ1n) is 9.95. The number of aromatic nitrogens is 1. The molecular weight excluding hydrogens is 364 g/mol. The maximum Gasteiger partial charge on any atom is 0.191 e. The molecule has 1 heterocycles. The lowest BCUT2D eigenvalue weighted by Gasteiger charge is -2.12. The van der Waals surface area contributed by atoms with E-state index in [-0.39, 0.29) is 0 Å². The number of hydrogen-bond donors (Lipinski definition) is 3. The molecule has 0 radical (unpaired) electrons. The number of guanidine groups is 1. The average Bonchev–Trinajstić information content (AvgIpc) is 3.16. The lowest BCUT2D eigenvalue weighted by atomic mass is 10.1. The van der Waals surface area contributed by atoms with Crippen molar-refractivity contribution in [3.63, 3.8) is 0 Å². The zero-order valence-corrected chi connectivity index (χ0v) is 17.6. The molecule has 0 aliphatic rings. The Balaban J connectivity index is 1.63. The van der Waals surface area contributed by atoms with E-state index in [2.05, 4.69) is 53.9 Å². The summed E-state index contributed by atoms with van der Waals surface area (Å²) in [6, 6.07) is 12.2. The zero-order chi connectivity index (χ0) is 20.6. The number of methoxy groups -OCH3 is 2. The van der Waals surface area contributed by atoms with Crippen molar-refractivity contribution in [1.29, 1.82) is 0 Å². The average molecular weight is 395 g/mol. The van der Waals surface area contributed by atoms with Crippen molar-refractivity contribution in [2.75, 3.05) is 27.3 Å². The molecule has 0 fully saturated rings. The molecule has 6 nitrogen and oxygen atoms in total. The number of aryl methyl sites for hydroxylation is 1. The molecule has 3 N–H and O–H groups in total. The number of nitrogens with one attached hydrogen (secondary N) is 3. The zero-order valence-electron chi connectivity index (χ0n) is 17.6. The van der Waals surface area contributed by atoms with Gasteiger partial charge in [-0.2, -0.15) is 0 Å². The van der Waals surface area contributed by atoms with E-state index in [1.807, 2.05) is 18.2 Å². The van der Waals surface area contributed by atoms with Crippen LogP contribution in [0.2, 0.25) is 0 Å². The SMILES string of the molecule is CCNC(=NCc1ccc(OC)c(OC)c1)NCCc1c[nH]c2cccc(C)c12. The summed E-state index contributed by atoms with van der Waals surface area (Å²) in [5.74, 6) is 2.24. The summed E-state index contributed by atoms with van der Waals surface area (Å²) in [4.78, 5) is 8.07. The minimum Gasteiger partial charge on any atom is -0.493 e. The second kappa shape index (κ2) is 9.87. The normalized spacial score (nSPS) is 11.5. The van der Waals surface area contributed by atoms with Crippen molar-refractivity contribution in [2.24, 2.45) is 4.99 Å². The molecule has 0 bridgehead atoms. The number of aromatic amines is 1. The van der Waals surface area contributed by atoms with Crippen LogP contribution in [0.15, 0.2) is 47.6 Å². The predicted octanol–water partition coefficient (Wildman–Crippen LogP) is 3.79. The molecule has 1 aromatic heterocycles. The smallest absolute Gasteiger partial charge is 0.191 e. The highest BCUT2D eigenvalue weighted by molar-refractivity contribution is 5.86. The van der Waals surface area contributed by atoms with Crippen LogP contribution in [0.5, 0.6) is 11.5 Å². The molecule has 0 aliphatic heterocycles. The van der Waals surface area contributed by atoms with E-state index in [0.29, 0.717) is 12.3 Å². The van der Waals surface area contributed by atoms with Crippen LogP contribution in [0.25, 0.3) is 10.9 Å². The highest BCUT2D eigenvalue weighted by Crippen LogP contribution is 2.27. The molecule has 3 aromatic rings. The minimum absolute atomic E-state index is 0.557. The molecule has 154 valence electrons. The second-order valence-electron chi connectivity index (χ2n) is 6.87. The molecule has 0 aliphatic carbocycles. The summed E-state index contributed by atoms with van der Waals surface area (Å²) in [7, 11) is 3.28. The summed E-state index contributed by atoms with van der Waals surface area (Å²) >= 11 is 0. The number of benzene rings is 2. The molecule has 2 aromatic carbocycles. The Labute approximate surface area is 172 Å². The van der Waals surface area contributed by atoms with Crippen LogP contribution in [0.1, 0.15) is 23.6 Å². The molecular formula is C23H30N4O2. The van der Waals surface area contributed by atoms with Gasteiger partial charge in [-0.3, -0.25) is 0 Å². The third kappa shape index (κ3) is 5.02. The van der Waals surface area contributed by atoms with Crippen molar-refractivity contribution in [3.8, 4) is 11.5 Å². The van der Waals surface area contributed by atoms with Crippen molar-refractivity contribution < 1.29 is 9.47 Å². The van der Waals surface area contributed by atoms with Gasteiger partial charge in [-0.25, -0.2) is 4.99 Å². The van der Waals surface area contributed by atoms with E-state index in [4.69, 9.17) is 14.5 Å². The second-order valence-corrected chi connectivity index (χ2v) is 6.87. The van der Waals surface area contributed by atoms with Crippen LogP contribution in [-0.4, -0.2) is 38.3 Å². The van der Waals surface area contributed by atoms with Gasteiger partial charge in [-0.1, -0.05) is 18.2 Å². The van der Waals surface area contributed by atoms with Gasteiger partial charge in [0.05, 0.1) is 20.8 Å². The van der Waals surface area contributed by atoms with Gasteiger partial charge in [0, 0.05) is 30.2 Å². The van der Waals surface area contributed by atoms with Crippen molar-refractivity contribution in [2.45, 2.75) is 26.8 Å². The van der Waals surface area contributed by atoms with E-state index < -0.39 is 0 Å². The molecule has 0 spiro atoms. The number of rotatable bonds is 8. The van der Waals surface area contributed by atoms with Gasteiger partial charge in [-0.15, -0.1) is 0 Å². The molecule has 0 unspecified atom stereocenters. The van der Waals surface area contributed by atoms with E-state index in [1.54, 1.807) is 14.2 Å². The quantitative estimate of drug-likeness (QED) is 0.402. The molecule has 0 amide bonds. The highest BCUT2D eigenvalue weighted by atomic mass is 16.5. The van der Waals surface area contributed by atoms with Crippen LogP contribution >= 0.6 is 0 Å². The number of fused-ring (bicyclic) bond motifs is 1. The fourth-order valence-corrected chi connectivity index (χ4v) is 3.46. The van der Waals surface area contributed by atoms with Crippen LogP contribution in [0.4, 0.5) is 0 Å². The molecule has 29 heavy (non-hydrogen) atoms. The van der Waals surface area contributed by atoms with Gasteiger partial charge in [0.1, 0.15) is 0 Å². The Hall–Kier alpha value is -3.15. The number of hydrogen-bond acceptors (Lipinski definition) is 3. The fourth-order valence-electron chi connectivity index (χ4n) is 3.46. The highest BCUT2D eigenvalue weighted by Gasteiger charge is 2.07. The topological polar surface area (TPSA) is 70.7 Å². The van der Waals surface area contributed by atoms with Gasteiger partial charge >= 0.3 is 0 Å². The summed E-state index contributed by atoms with van der Waals surface area (Å²) in [5, 5.41) is 8.06. The number of ether oxygens (including phenoxy) is 2. The van der Waals surface area contributed by atoms with Crippen LogP contribution < -0.4 is 20.1 Å². The first-order valence-corrected chi connectivity index (χ1v) is 9.95. The lowest BCUT2D eigenvalue weighted by molar-refractivity contribution is 0.354. The van der Waals surface area contributed by atoms with E-state index >= 15 is 0 Å².